The van der Waals surface area contributed by atoms with Crippen molar-refractivity contribution in [3.8, 4) is 11.5 Å². The quantitative estimate of drug-likeness (QED) is 0.680. The molecule has 3 aromatic carbocycles. The van der Waals surface area contributed by atoms with Crippen molar-refractivity contribution in [3.63, 3.8) is 0 Å². The zero-order valence-corrected chi connectivity index (χ0v) is 10.3. The molecule has 0 aliphatic carbocycles. The highest BCUT2D eigenvalue weighted by molar-refractivity contribution is 6.03. The van der Waals surface area contributed by atoms with Gasteiger partial charge >= 0.3 is 0 Å². The van der Waals surface area contributed by atoms with Crippen molar-refractivity contribution >= 4 is 22.1 Å². The van der Waals surface area contributed by atoms with Crippen LogP contribution in [0, 0.1) is 0 Å². The van der Waals surface area contributed by atoms with Crippen LogP contribution >= 0.6 is 0 Å². The molecule has 0 aliphatic heterocycles. The first-order valence-corrected chi connectivity index (χ1v) is 6.05. The van der Waals surface area contributed by atoms with Crippen LogP contribution in [0.3, 0.4) is 0 Å². The molecule has 0 spiro atoms. The molecule has 3 aromatic rings. The van der Waals surface area contributed by atoms with Crippen LogP contribution in [-0.4, -0.2) is 0 Å². The molecule has 0 amide bonds. The molecule has 0 aliphatic rings. The van der Waals surface area contributed by atoms with Crippen molar-refractivity contribution in [2.24, 2.45) is 0 Å². The van der Waals surface area contributed by atoms with Gasteiger partial charge in [0.05, 0.1) is 5.69 Å². The maximum atomic E-state index is 6.16. The molecule has 0 aromatic heterocycles. The van der Waals surface area contributed by atoms with Gasteiger partial charge < -0.3 is 16.2 Å². The number of nitrogens with two attached hydrogens (primary N) is 2. The van der Waals surface area contributed by atoms with Crippen LogP contribution in [0.4, 0.5) is 11.4 Å². The number of fused-ring (bicyclic) bond motifs is 1. The molecule has 94 valence electrons. The fourth-order valence-corrected chi connectivity index (χ4v) is 2.12. The Morgan fingerprint density at radius 3 is 2.32 bits per heavy atom. The van der Waals surface area contributed by atoms with Crippen molar-refractivity contribution < 1.29 is 4.74 Å². The number of rotatable bonds is 2. The van der Waals surface area contributed by atoms with E-state index in [0.29, 0.717) is 17.1 Å². The van der Waals surface area contributed by atoms with Gasteiger partial charge in [0.2, 0.25) is 0 Å². The number of anilines is 2. The summed E-state index contributed by atoms with van der Waals surface area (Å²) in [4.78, 5) is 0. The van der Waals surface area contributed by atoms with Gasteiger partial charge in [-0.25, -0.2) is 0 Å². The van der Waals surface area contributed by atoms with E-state index in [-0.39, 0.29) is 0 Å². The van der Waals surface area contributed by atoms with Crippen LogP contribution in [0.25, 0.3) is 10.8 Å². The molecule has 0 fully saturated rings. The molecule has 0 heterocycles. The summed E-state index contributed by atoms with van der Waals surface area (Å²) in [6.07, 6.45) is 0. The average molecular weight is 250 g/mol. The SMILES string of the molecule is Nc1cccc2ccc(Oc3ccccc3)c(N)c12. The summed E-state index contributed by atoms with van der Waals surface area (Å²) in [7, 11) is 0. The van der Waals surface area contributed by atoms with E-state index in [4.69, 9.17) is 16.2 Å². The van der Waals surface area contributed by atoms with Crippen LogP contribution in [0.2, 0.25) is 0 Å². The van der Waals surface area contributed by atoms with E-state index in [2.05, 4.69) is 0 Å². The second-order valence-corrected chi connectivity index (χ2v) is 4.34. The lowest BCUT2D eigenvalue weighted by Gasteiger charge is -2.12. The van der Waals surface area contributed by atoms with Crippen LogP contribution in [0.1, 0.15) is 0 Å². The minimum atomic E-state index is 0.569. The van der Waals surface area contributed by atoms with Crippen molar-refractivity contribution in [1.82, 2.24) is 0 Å². The van der Waals surface area contributed by atoms with Gasteiger partial charge in [0.25, 0.3) is 0 Å². The molecule has 0 atom stereocenters. The van der Waals surface area contributed by atoms with Crippen LogP contribution in [0.5, 0.6) is 11.5 Å². The zero-order chi connectivity index (χ0) is 13.2. The Kier molecular flexibility index (Phi) is 2.72. The summed E-state index contributed by atoms with van der Waals surface area (Å²) < 4.78 is 5.79. The molecular formula is C16H14N2O. The zero-order valence-electron chi connectivity index (χ0n) is 10.3. The molecule has 3 nitrogen and oxygen atoms in total. The van der Waals surface area contributed by atoms with Crippen molar-refractivity contribution in [1.29, 1.82) is 0 Å². The molecule has 19 heavy (non-hydrogen) atoms. The van der Waals surface area contributed by atoms with Crippen molar-refractivity contribution in [2.45, 2.75) is 0 Å². The van der Waals surface area contributed by atoms with Crippen molar-refractivity contribution in [2.75, 3.05) is 11.5 Å². The topological polar surface area (TPSA) is 61.3 Å². The largest absolute Gasteiger partial charge is 0.455 e. The maximum absolute atomic E-state index is 6.16. The van der Waals surface area contributed by atoms with E-state index in [9.17, 15) is 0 Å². The summed E-state index contributed by atoms with van der Waals surface area (Å²) >= 11 is 0. The smallest absolute Gasteiger partial charge is 0.151 e. The second kappa shape index (κ2) is 4.53. The third-order valence-corrected chi connectivity index (χ3v) is 3.05. The molecule has 3 heteroatoms. The molecule has 4 N–H and O–H groups in total. The van der Waals surface area contributed by atoms with E-state index in [0.717, 1.165) is 16.5 Å². The number of benzene rings is 3. The predicted octanol–water partition coefficient (Wildman–Crippen LogP) is 3.80. The summed E-state index contributed by atoms with van der Waals surface area (Å²) in [6, 6.07) is 19.1. The number of hydrogen-bond donors (Lipinski definition) is 2. The third kappa shape index (κ3) is 2.06. The van der Waals surface area contributed by atoms with E-state index >= 15 is 0 Å². The summed E-state index contributed by atoms with van der Waals surface area (Å²) in [5, 5.41) is 1.86. The molecule has 0 unspecified atom stereocenters. The fourth-order valence-electron chi connectivity index (χ4n) is 2.12. The van der Waals surface area contributed by atoms with Gasteiger partial charge in [0, 0.05) is 11.1 Å². The van der Waals surface area contributed by atoms with E-state index in [1.54, 1.807) is 0 Å². The minimum absolute atomic E-state index is 0.569. The highest BCUT2D eigenvalue weighted by atomic mass is 16.5. The number of para-hydroxylation sites is 1. The predicted molar refractivity (Wildman–Crippen MR) is 79.3 cm³/mol. The summed E-state index contributed by atoms with van der Waals surface area (Å²) in [6.45, 7) is 0. The second-order valence-electron chi connectivity index (χ2n) is 4.34. The third-order valence-electron chi connectivity index (χ3n) is 3.05. The highest BCUT2D eigenvalue weighted by Crippen LogP contribution is 2.36. The van der Waals surface area contributed by atoms with E-state index in [1.807, 2.05) is 60.7 Å². The molecule has 0 radical (unpaired) electrons. The molecule has 0 bridgehead atoms. The summed E-state index contributed by atoms with van der Waals surface area (Å²) in [5.74, 6) is 1.37. The van der Waals surface area contributed by atoms with Gasteiger partial charge in [-0.2, -0.15) is 0 Å². The lowest BCUT2D eigenvalue weighted by molar-refractivity contribution is 0.486. The Balaban J connectivity index is 2.10. The van der Waals surface area contributed by atoms with Gasteiger partial charge in [0.1, 0.15) is 5.75 Å². The normalized spacial score (nSPS) is 10.5. The van der Waals surface area contributed by atoms with Crippen LogP contribution in [0.15, 0.2) is 60.7 Å². The Morgan fingerprint density at radius 1 is 0.737 bits per heavy atom. The Morgan fingerprint density at radius 2 is 1.53 bits per heavy atom. The van der Waals surface area contributed by atoms with Gasteiger partial charge in [-0.1, -0.05) is 36.4 Å². The minimum Gasteiger partial charge on any atom is -0.455 e. The lowest BCUT2D eigenvalue weighted by Crippen LogP contribution is -1.96. The van der Waals surface area contributed by atoms with Crippen LogP contribution < -0.4 is 16.2 Å². The maximum Gasteiger partial charge on any atom is 0.151 e. The first-order chi connectivity index (χ1) is 9.25. The molecular weight excluding hydrogens is 236 g/mol. The Bertz CT molecular complexity index is 723. The molecule has 3 rings (SSSR count). The van der Waals surface area contributed by atoms with E-state index in [1.165, 1.54) is 0 Å². The Hall–Kier alpha value is -2.68. The van der Waals surface area contributed by atoms with Gasteiger partial charge in [-0.3, -0.25) is 0 Å². The number of nitrogen functional groups attached to an aromatic ring is 2. The van der Waals surface area contributed by atoms with Gasteiger partial charge in [0.15, 0.2) is 5.75 Å². The average Bonchev–Trinajstić information content (AvgIpc) is 2.43. The fraction of sp³-hybridized carbons (Fsp3) is 0. The lowest BCUT2D eigenvalue weighted by atomic mass is 10.1. The number of ether oxygens (including phenoxy) is 1. The summed E-state index contributed by atoms with van der Waals surface area (Å²) in [5.41, 5.74) is 13.4. The van der Waals surface area contributed by atoms with Crippen LogP contribution in [-0.2, 0) is 0 Å². The first kappa shape index (κ1) is 11.4. The van der Waals surface area contributed by atoms with E-state index < -0.39 is 0 Å². The van der Waals surface area contributed by atoms with Gasteiger partial charge in [-0.15, -0.1) is 0 Å². The monoisotopic (exact) mass is 250 g/mol. The molecule has 0 saturated carbocycles. The standard InChI is InChI=1S/C16H14N2O/c17-13-8-4-5-11-9-10-14(16(18)15(11)13)19-12-6-2-1-3-7-12/h1-10H,17-18H2. The first-order valence-electron chi connectivity index (χ1n) is 6.05. The molecule has 0 saturated heterocycles. The van der Waals surface area contributed by atoms with Gasteiger partial charge in [-0.05, 0) is 29.7 Å². The Labute approximate surface area is 111 Å². The number of hydrogen-bond acceptors (Lipinski definition) is 3. The van der Waals surface area contributed by atoms with Crippen molar-refractivity contribution in [3.05, 3.63) is 60.7 Å². The highest BCUT2D eigenvalue weighted by Gasteiger charge is 2.08.